The highest BCUT2D eigenvalue weighted by atomic mass is 35.5. The van der Waals surface area contributed by atoms with Gasteiger partial charge in [-0.05, 0) is 30.3 Å². The number of thiophene rings is 1. The van der Waals surface area contributed by atoms with Gasteiger partial charge in [-0.2, -0.15) is 4.31 Å². The molecule has 1 aromatic carbocycles. The number of nitrogens with zero attached hydrogens (tertiary/aromatic N) is 1. The van der Waals surface area contributed by atoms with Gasteiger partial charge in [0.15, 0.2) is 0 Å². The molecule has 3 rings (SSSR count). The van der Waals surface area contributed by atoms with Crippen LogP contribution in [0, 0.1) is 0 Å². The van der Waals surface area contributed by atoms with E-state index in [-0.39, 0.29) is 32.1 Å². The third kappa shape index (κ3) is 4.71. The number of carbonyl (C=O) groups is 1. The number of rotatable bonds is 6. The molecule has 1 aliphatic heterocycles. The molecule has 2 heterocycles. The summed E-state index contributed by atoms with van der Waals surface area (Å²) in [6.45, 7) is 1.05. The molecule has 28 heavy (non-hydrogen) atoms. The summed E-state index contributed by atoms with van der Waals surface area (Å²) in [7, 11) is -7.77. The van der Waals surface area contributed by atoms with Gasteiger partial charge in [0, 0.05) is 18.7 Å². The highest BCUT2D eigenvalue weighted by molar-refractivity contribution is 7.91. The van der Waals surface area contributed by atoms with E-state index in [0.29, 0.717) is 13.2 Å². The van der Waals surface area contributed by atoms with Crippen molar-refractivity contribution >= 4 is 48.9 Å². The van der Waals surface area contributed by atoms with Crippen LogP contribution in [0.15, 0.2) is 45.5 Å². The van der Waals surface area contributed by atoms with Crippen molar-refractivity contribution in [3.63, 3.8) is 0 Å². The van der Waals surface area contributed by atoms with Crippen LogP contribution in [-0.2, 0) is 24.8 Å². The second-order valence-electron chi connectivity index (χ2n) is 5.66. The average molecular weight is 466 g/mol. The Morgan fingerprint density at radius 1 is 1.11 bits per heavy atom. The van der Waals surface area contributed by atoms with Gasteiger partial charge in [-0.25, -0.2) is 16.8 Å². The molecule has 2 N–H and O–H groups in total. The maximum absolute atomic E-state index is 12.7. The SMILES string of the molecule is O=C(NNS(=O)(=O)c1ccc(Cl)s1)c1cccc(S(=O)(=O)N2CCOCC2)c1. The van der Waals surface area contributed by atoms with Crippen LogP contribution in [0.4, 0.5) is 0 Å². The molecule has 0 atom stereocenters. The molecule has 1 saturated heterocycles. The van der Waals surface area contributed by atoms with Gasteiger partial charge in [0.1, 0.15) is 4.21 Å². The van der Waals surface area contributed by atoms with E-state index in [1.165, 1.54) is 40.7 Å². The van der Waals surface area contributed by atoms with Crippen LogP contribution in [0.5, 0.6) is 0 Å². The van der Waals surface area contributed by atoms with Crippen molar-refractivity contribution in [1.82, 2.24) is 14.6 Å². The Kier molecular flexibility index (Phi) is 6.39. The first-order chi connectivity index (χ1) is 13.2. The highest BCUT2D eigenvalue weighted by Crippen LogP contribution is 2.25. The Morgan fingerprint density at radius 2 is 1.82 bits per heavy atom. The number of nitrogens with one attached hydrogen (secondary N) is 2. The van der Waals surface area contributed by atoms with Crippen LogP contribution in [0.2, 0.25) is 4.34 Å². The molecule has 2 aromatic rings. The maximum Gasteiger partial charge on any atom is 0.266 e. The summed E-state index contributed by atoms with van der Waals surface area (Å²) in [5.74, 6) is -0.801. The van der Waals surface area contributed by atoms with Crippen molar-refractivity contribution in [2.24, 2.45) is 0 Å². The number of carbonyl (C=O) groups excluding carboxylic acids is 1. The molecule has 1 fully saturated rings. The molecule has 13 heteroatoms. The molecule has 0 unspecified atom stereocenters. The molecule has 1 amide bonds. The molecule has 152 valence electrons. The fourth-order valence-corrected chi connectivity index (χ4v) is 6.19. The molecule has 0 aliphatic carbocycles. The number of hydrogen-bond donors (Lipinski definition) is 2. The van der Waals surface area contributed by atoms with E-state index in [1.807, 2.05) is 4.83 Å². The average Bonchev–Trinajstić information content (AvgIpc) is 3.14. The summed E-state index contributed by atoms with van der Waals surface area (Å²) < 4.78 is 56.3. The molecule has 0 saturated carbocycles. The van der Waals surface area contributed by atoms with Gasteiger partial charge < -0.3 is 4.74 Å². The number of ether oxygens (including phenoxy) is 1. The van der Waals surface area contributed by atoms with E-state index in [1.54, 1.807) is 0 Å². The Balaban J connectivity index is 1.73. The first-order valence-corrected chi connectivity index (χ1v) is 12.1. The summed E-state index contributed by atoms with van der Waals surface area (Å²) in [6.07, 6.45) is 0. The predicted octanol–water partition coefficient (Wildman–Crippen LogP) is 1.05. The van der Waals surface area contributed by atoms with Crippen molar-refractivity contribution in [1.29, 1.82) is 0 Å². The maximum atomic E-state index is 12.7. The molecule has 0 radical (unpaired) electrons. The van der Waals surface area contributed by atoms with Crippen molar-refractivity contribution in [2.75, 3.05) is 26.3 Å². The largest absolute Gasteiger partial charge is 0.379 e. The van der Waals surface area contributed by atoms with Crippen LogP contribution < -0.4 is 10.3 Å². The second kappa shape index (κ2) is 8.45. The molecule has 0 spiro atoms. The Hall–Kier alpha value is -1.54. The lowest BCUT2D eigenvalue weighted by molar-refractivity contribution is 0.0730. The normalized spacial score (nSPS) is 16.0. The minimum Gasteiger partial charge on any atom is -0.379 e. The van der Waals surface area contributed by atoms with Crippen LogP contribution in [-0.4, -0.2) is 53.4 Å². The van der Waals surface area contributed by atoms with Gasteiger partial charge in [0.2, 0.25) is 10.0 Å². The molecule has 0 bridgehead atoms. The monoisotopic (exact) mass is 465 g/mol. The number of morpholine rings is 1. The quantitative estimate of drug-likeness (QED) is 0.615. The van der Waals surface area contributed by atoms with Crippen molar-refractivity contribution in [2.45, 2.75) is 9.10 Å². The molecule has 1 aromatic heterocycles. The fourth-order valence-electron chi connectivity index (χ4n) is 2.41. The Labute approximate surface area is 171 Å². The fraction of sp³-hybridized carbons (Fsp3) is 0.267. The van der Waals surface area contributed by atoms with E-state index in [2.05, 4.69) is 5.43 Å². The van der Waals surface area contributed by atoms with Crippen LogP contribution in [0.1, 0.15) is 10.4 Å². The number of sulfonamides is 2. The Bertz CT molecular complexity index is 1080. The van der Waals surface area contributed by atoms with Gasteiger partial charge in [-0.15, -0.1) is 16.2 Å². The predicted molar refractivity (Wildman–Crippen MR) is 103 cm³/mol. The lowest BCUT2D eigenvalue weighted by Crippen LogP contribution is -2.42. The first kappa shape index (κ1) is 21.2. The van der Waals surface area contributed by atoms with E-state index in [9.17, 15) is 21.6 Å². The molecule has 1 aliphatic rings. The molecule has 9 nitrogen and oxygen atoms in total. The highest BCUT2D eigenvalue weighted by Gasteiger charge is 2.27. The van der Waals surface area contributed by atoms with Gasteiger partial charge in [0.25, 0.3) is 15.9 Å². The van der Waals surface area contributed by atoms with E-state index in [4.69, 9.17) is 16.3 Å². The third-order valence-electron chi connectivity index (χ3n) is 3.82. The van der Waals surface area contributed by atoms with Crippen LogP contribution in [0.3, 0.4) is 0 Å². The molecular formula is C15H16ClN3O6S3. The summed E-state index contributed by atoms with van der Waals surface area (Å²) in [5, 5.41) is 0. The number of benzene rings is 1. The summed E-state index contributed by atoms with van der Waals surface area (Å²) in [6, 6.07) is 8.08. The van der Waals surface area contributed by atoms with E-state index < -0.39 is 26.0 Å². The summed E-state index contributed by atoms with van der Waals surface area (Å²) in [5.41, 5.74) is 2.05. The lowest BCUT2D eigenvalue weighted by atomic mass is 10.2. The van der Waals surface area contributed by atoms with Gasteiger partial charge in [-0.3, -0.25) is 10.2 Å². The van der Waals surface area contributed by atoms with Crippen molar-refractivity contribution < 1.29 is 26.4 Å². The molecular weight excluding hydrogens is 450 g/mol. The van der Waals surface area contributed by atoms with Crippen molar-refractivity contribution in [3.05, 3.63) is 46.3 Å². The standard InChI is InChI=1S/C15H16ClN3O6S3/c16-13-4-5-14(26-13)27(21,22)18-17-15(20)11-2-1-3-12(10-11)28(23,24)19-6-8-25-9-7-19/h1-5,10,18H,6-9H2,(H,17,20). The number of hydrogen-bond acceptors (Lipinski definition) is 7. The number of halogens is 1. The van der Waals surface area contributed by atoms with E-state index >= 15 is 0 Å². The first-order valence-electron chi connectivity index (χ1n) is 7.95. The van der Waals surface area contributed by atoms with Gasteiger partial charge >= 0.3 is 0 Å². The minimum absolute atomic E-state index is 0.0127. The summed E-state index contributed by atoms with van der Waals surface area (Å²) >= 11 is 6.55. The zero-order valence-electron chi connectivity index (χ0n) is 14.3. The number of hydrazine groups is 1. The van der Waals surface area contributed by atoms with Crippen molar-refractivity contribution in [3.8, 4) is 0 Å². The topological polar surface area (TPSA) is 122 Å². The zero-order valence-corrected chi connectivity index (χ0v) is 17.5. The van der Waals surface area contributed by atoms with Crippen LogP contribution >= 0.6 is 22.9 Å². The van der Waals surface area contributed by atoms with Gasteiger partial charge in [0.05, 0.1) is 22.4 Å². The zero-order chi connectivity index (χ0) is 20.4. The summed E-state index contributed by atoms with van der Waals surface area (Å²) in [4.78, 5) is 14.2. The van der Waals surface area contributed by atoms with E-state index in [0.717, 1.165) is 11.3 Å². The van der Waals surface area contributed by atoms with Gasteiger partial charge in [-0.1, -0.05) is 17.7 Å². The third-order valence-corrected chi connectivity index (χ3v) is 8.68. The van der Waals surface area contributed by atoms with Crippen LogP contribution in [0.25, 0.3) is 0 Å². The Morgan fingerprint density at radius 3 is 2.46 bits per heavy atom. The smallest absolute Gasteiger partial charge is 0.266 e. The number of amides is 1. The lowest BCUT2D eigenvalue weighted by Gasteiger charge is -2.26. The second-order valence-corrected chi connectivity index (χ2v) is 11.2. The minimum atomic E-state index is -3.99.